The van der Waals surface area contributed by atoms with Gasteiger partial charge >= 0.3 is 0 Å². The van der Waals surface area contributed by atoms with E-state index in [1.807, 2.05) is 13.0 Å². The van der Waals surface area contributed by atoms with Crippen LogP contribution >= 0.6 is 0 Å². The summed E-state index contributed by atoms with van der Waals surface area (Å²) in [6.07, 6.45) is 0. The Labute approximate surface area is 140 Å². The predicted molar refractivity (Wildman–Crippen MR) is 92.6 cm³/mol. The first-order chi connectivity index (χ1) is 11.5. The molecule has 0 spiro atoms. The lowest BCUT2D eigenvalue weighted by molar-refractivity contribution is -0.118. The van der Waals surface area contributed by atoms with Gasteiger partial charge in [-0.1, -0.05) is 12.1 Å². The molecule has 0 aromatic heterocycles. The summed E-state index contributed by atoms with van der Waals surface area (Å²) in [6, 6.07) is 11.9. The van der Waals surface area contributed by atoms with E-state index in [-0.39, 0.29) is 18.3 Å². The maximum absolute atomic E-state index is 12.0. The quantitative estimate of drug-likeness (QED) is 0.602. The van der Waals surface area contributed by atoms with E-state index >= 15 is 0 Å². The number of hydrogen-bond donors (Lipinski definition) is 2. The highest BCUT2D eigenvalue weighted by atomic mass is 16.5. The number of Topliss-reactive ketones (excluding diaryl/α,β-unsaturated/α-hetero) is 1. The maximum atomic E-state index is 12.0. The molecule has 0 unspecified atom stereocenters. The number of nitrogens with one attached hydrogen (secondary N) is 1. The van der Waals surface area contributed by atoms with Crippen LogP contribution < -0.4 is 20.5 Å². The molecule has 1 amide bonds. The summed E-state index contributed by atoms with van der Waals surface area (Å²) < 4.78 is 10.9. The Hall–Kier alpha value is -3.02. The number of hydrogen-bond acceptors (Lipinski definition) is 5. The molecule has 0 aliphatic rings. The maximum Gasteiger partial charge on any atom is 0.262 e. The van der Waals surface area contributed by atoms with Gasteiger partial charge in [0, 0.05) is 5.56 Å². The molecule has 24 heavy (non-hydrogen) atoms. The van der Waals surface area contributed by atoms with Crippen molar-refractivity contribution in [3.63, 3.8) is 0 Å². The van der Waals surface area contributed by atoms with E-state index in [1.165, 1.54) is 13.0 Å². The van der Waals surface area contributed by atoms with Crippen LogP contribution in [-0.4, -0.2) is 24.9 Å². The van der Waals surface area contributed by atoms with Crippen molar-refractivity contribution in [2.45, 2.75) is 13.8 Å². The van der Waals surface area contributed by atoms with Crippen molar-refractivity contribution in [3.05, 3.63) is 48.0 Å². The Morgan fingerprint density at radius 3 is 2.50 bits per heavy atom. The molecule has 0 fully saturated rings. The van der Waals surface area contributed by atoms with Gasteiger partial charge in [0.05, 0.1) is 18.0 Å². The molecule has 0 saturated heterocycles. The number of anilines is 2. The highest BCUT2D eigenvalue weighted by molar-refractivity contribution is 5.95. The molecule has 0 radical (unpaired) electrons. The van der Waals surface area contributed by atoms with Gasteiger partial charge in [-0.25, -0.2) is 0 Å². The van der Waals surface area contributed by atoms with Crippen molar-refractivity contribution < 1.29 is 19.1 Å². The lowest BCUT2D eigenvalue weighted by Crippen LogP contribution is -2.21. The average Bonchev–Trinajstić information content (AvgIpc) is 2.55. The molecule has 126 valence electrons. The largest absolute Gasteiger partial charge is 0.492 e. The molecular weight excluding hydrogens is 308 g/mol. The summed E-state index contributed by atoms with van der Waals surface area (Å²) in [6.45, 7) is 3.63. The first kappa shape index (κ1) is 17.3. The van der Waals surface area contributed by atoms with Crippen molar-refractivity contribution in [1.29, 1.82) is 0 Å². The molecule has 0 saturated carbocycles. The van der Waals surface area contributed by atoms with Crippen LogP contribution in [0.1, 0.15) is 24.2 Å². The van der Waals surface area contributed by atoms with E-state index in [4.69, 9.17) is 15.2 Å². The first-order valence-corrected chi connectivity index (χ1v) is 7.56. The van der Waals surface area contributed by atoms with Crippen LogP contribution in [0.25, 0.3) is 0 Å². The fraction of sp³-hybridized carbons (Fsp3) is 0.222. The zero-order valence-corrected chi connectivity index (χ0v) is 13.7. The van der Waals surface area contributed by atoms with Crippen LogP contribution in [-0.2, 0) is 4.79 Å². The SMILES string of the molecule is CCOc1ccccc1NC(=O)COc1ccc(C(C)=O)cc1N. The Morgan fingerprint density at radius 2 is 1.83 bits per heavy atom. The summed E-state index contributed by atoms with van der Waals surface area (Å²) >= 11 is 0. The molecule has 2 aromatic carbocycles. The first-order valence-electron chi connectivity index (χ1n) is 7.56. The minimum absolute atomic E-state index is 0.0847. The van der Waals surface area contributed by atoms with Crippen LogP contribution in [0.3, 0.4) is 0 Å². The highest BCUT2D eigenvalue weighted by Gasteiger charge is 2.10. The summed E-state index contributed by atoms with van der Waals surface area (Å²) in [5.41, 5.74) is 7.22. The van der Waals surface area contributed by atoms with Crippen LogP contribution in [0.15, 0.2) is 42.5 Å². The van der Waals surface area contributed by atoms with Crippen molar-refractivity contribution >= 4 is 23.1 Å². The number of carbonyl (C=O) groups excluding carboxylic acids is 2. The van der Waals surface area contributed by atoms with Gasteiger partial charge in [-0.2, -0.15) is 0 Å². The van der Waals surface area contributed by atoms with Crippen LogP contribution in [0.4, 0.5) is 11.4 Å². The number of nitrogens with two attached hydrogens (primary N) is 1. The molecule has 0 aliphatic heterocycles. The van der Waals surface area contributed by atoms with E-state index in [2.05, 4.69) is 5.32 Å². The van der Waals surface area contributed by atoms with Crippen LogP contribution in [0.2, 0.25) is 0 Å². The zero-order valence-electron chi connectivity index (χ0n) is 13.7. The normalized spacial score (nSPS) is 10.1. The molecule has 2 rings (SSSR count). The van der Waals surface area contributed by atoms with Gasteiger partial charge in [-0.15, -0.1) is 0 Å². The summed E-state index contributed by atoms with van der Waals surface area (Å²) in [5, 5.41) is 2.73. The van der Waals surface area contributed by atoms with Crippen molar-refractivity contribution in [2.24, 2.45) is 0 Å². The Morgan fingerprint density at radius 1 is 1.08 bits per heavy atom. The van der Waals surface area contributed by atoms with Gasteiger partial charge in [0.2, 0.25) is 0 Å². The minimum Gasteiger partial charge on any atom is -0.492 e. The third-order valence-electron chi connectivity index (χ3n) is 3.24. The second-order valence-corrected chi connectivity index (χ2v) is 5.07. The highest BCUT2D eigenvalue weighted by Crippen LogP contribution is 2.25. The molecule has 0 atom stereocenters. The lowest BCUT2D eigenvalue weighted by Gasteiger charge is -2.12. The Bertz CT molecular complexity index is 744. The number of nitrogen functional groups attached to an aromatic ring is 1. The zero-order chi connectivity index (χ0) is 17.5. The monoisotopic (exact) mass is 328 g/mol. The van der Waals surface area contributed by atoms with Crippen LogP contribution in [0, 0.1) is 0 Å². The summed E-state index contributed by atoms with van der Waals surface area (Å²) in [7, 11) is 0. The number of para-hydroxylation sites is 2. The minimum atomic E-state index is -0.336. The van der Waals surface area contributed by atoms with Crippen molar-refractivity contribution in [1.82, 2.24) is 0 Å². The molecule has 6 heteroatoms. The van der Waals surface area contributed by atoms with Gasteiger partial charge < -0.3 is 20.5 Å². The smallest absolute Gasteiger partial charge is 0.262 e. The Kier molecular flexibility index (Phi) is 5.78. The van der Waals surface area contributed by atoms with E-state index in [0.717, 1.165) is 0 Å². The van der Waals surface area contributed by atoms with Gasteiger partial charge in [0.15, 0.2) is 12.4 Å². The number of amides is 1. The number of ketones is 1. The van der Waals surface area contributed by atoms with E-state index in [0.29, 0.717) is 35.0 Å². The number of carbonyl (C=O) groups is 2. The fourth-order valence-electron chi connectivity index (χ4n) is 2.08. The van der Waals surface area contributed by atoms with E-state index in [1.54, 1.807) is 30.3 Å². The third kappa shape index (κ3) is 4.49. The van der Waals surface area contributed by atoms with E-state index in [9.17, 15) is 9.59 Å². The number of rotatable bonds is 7. The van der Waals surface area contributed by atoms with Gasteiger partial charge in [-0.05, 0) is 44.2 Å². The molecule has 0 bridgehead atoms. The van der Waals surface area contributed by atoms with Gasteiger partial charge in [0.1, 0.15) is 11.5 Å². The molecule has 3 N–H and O–H groups in total. The van der Waals surface area contributed by atoms with Crippen molar-refractivity contribution in [3.8, 4) is 11.5 Å². The number of benzene rings is 2. The predicted octanol–water partition coefficient (Wildman–Crippen LogP) is 2.89. The number of ether oxygens (including phenoxy) is 2. The molecule has 2 aromatic rings. The Balaban J connectivity index is 1.98. The van der Waals surface area contributed by atoms with E-state index < -0.39 is 0 Å². The molecular formula is C18H20N2O4. The van der Waals surface area contributed by atoms with Gasteiger partial charge in [-0.3, -0.25) is 9.59 Å². The molecule has 0 heterocycles. The van der Waals surface area contributed by atoms with Crippen molar-refractivity contribution in [2.75, 3.05) is 24.3 Å². The standard InChI is InChI=1S/C18H20N2O4/c1-3-23-17-7-5-4-6-15(17)20-18(22)11-24-16-9-8-13(12(2)21)10-14(16)19/h4-10H,3,11,19H2,1-2H3,(H,20,22). The lowest BCUT2D eigenvalue weighted by atomic mass is 10.1. The summed E-state index contributed by atoms with van der Waals surface area (Å²) in [4.78, 5) is 23.3. The molecule has 0 aliphatic carbocycles. The fourth-order valence-corrected chi connectivity index (χ4v) is 2.08. The summed E-state index contributed by atoms with van der Waals surface area (Å²) in [5.74, 6) is 0.530. The molecule has 6 nitrogen and oxygen atoms in total. The topological polar surface area (TPSA) is 90.6 Å². The van der Waals surface area contributed by atoms with Crippen LogP contribution in [0.5, 0.6) is 11.5 Å². The second-order valence-electron chi connectivity index (χ2n) is 5.07. The average molecular weight is 328 g/mol. The van der Waals surface area contributed by atoms with Gasteiger partial charge in [0.25, 0.3) is 5.91 Å². The second kappa shape index (κ2) is 8.01. The third-order valence-corrected chi connectivity index (χ3v) is 3.24.